The summed E-state index contributed by atoms with van der Waals surface area (Å²) in [7, 11) is -3.40. The van der Waals surface area contributed by atoms with Gasteiger partial charge in [-0.2, -0.15) is 0 Å². The normalized spacial score (nSPS) is 21.2. The zero-order valence-corrected chi connectivity index (χ0v) is 11.8. The van der Waals surface area contributed by atoms with Crippen LogP contribution in [0.25, 0.3) is 0 Å². The Bertz CT molecular complexity index is 632. The monoisotopic (exact) mass is 283 g/mol. The van der Waals surface area contributed by atoms with Gasteiger partial charge in [0.2, 0.25) is 6.79 Å². The van der Waals surface area contributed by atoms with Crippen LogP contribution in [0, 0.1) is 0 Å². The topological polar surface area (TPSA) is 78.6 Å². The van der Waals surface area contributed by atoms with Gasteiger partial charge in [-0.1, -0.05) is 6.07 Å². The molecule has 0 amide bonds. The predicted octanol–water partition coefficient (Wildman–Crippen LogP) is 1.20. The molecule has 0 spiro atoms. The van der Waals surface area contributed by atoms with Gasteiger partial charge in [-0.25, -0.2) is 8.42 Å². The van der Waals surface area contributed by atoms with Gasteiger partial charge in [0.25, 0.3) is 0 Å². The fraction of sp³-hybridized carbons (Fsp3) is 0.538. The van der Waals surface area contributed by atoms with Gasteiger partial charge in [-0.05, 0) is 31.4 Å². The number of benzene rings is 1. The van der Waals surface area contributed by atoms with Crippen LogP contribution in [0.4, 0.5) is 0 Å². The minimum atomic E-state index is -3.40. The van der Waals surface area contributed by atoms with Crippen molar-refractivity contribution in [2.45, 2.75) is 36.1 Å². The van der Waals surface area contributed by atoms with Gasteiger partial charge in [0, 0.05) is 17.7 Å². The Kier molecular flexibility index (Phi) is 2.59. The lowest BCUT2D eigenvalue weighted by Crippen LogP contribution is -2.32. The summed E-state index contributed by atoms with van der Waals surface area (Å²) >= 11 is 0. The maximum absolute atomic E-state index is 12.1. The average Bonchev–Trinajstić information content (AvgIpc) is 2.99. The van der Waals surface area contributed by atoms with E-state index in [9.17, 15) is 8.42 Å². The molecule has 0 saturated heterocycles. The molecular formula is C13H17NO4S. The van der Waals surface area contributed by atoms with E-state index in [1.165, 1.54) is 6.26 Å². The van der Waals surface area contributed by atoms with Crippen molar-refractivity contribution in [2.24, 2.45) is 5.73 Å². The van der Waals surface area contributed by atoms with Gasteiger partial charge in [-0.3, -0.25) is 0 Å². The van der Waals surface area contributed by atoms with Crippen LogP contribution in [-0.2, 0) is 15.3 Å². The third-order valence-electron chi connectivity index (χ3n) is 4.06. The van der Waals surface area contributed by atoms with E-state index >= 15 is 0 Å². The van der Waals surface area contributed by atoms with Crippen LogP contribution in [0.5, 0.6) is 11.5 Å². The second-order valence-electron chi connectivity index (χ2n) is 5.39. The first-order chi connectivity index (χ1) is 8.86. The summed E-state index contributed by atoms with van der Waals surface area (Å²) in [5, 5.41) is 0. The van der Waals surface area contributed by atoms with E-state index in [0.29, 0.717) is 11.5 Å². The second-order valence-corrected chi connectivity index (χ2v) is 7.35. The molecule has 1 aliphatic carbocycles. The van der Waals surface area contributed by atoms with Crippen LogP contribution in [0.1, 0.15) is 25.3 Å². The van der Waals surface area contributed by atoms with Gasteiger partial charge >= 0.3 is 0 Å². The van der Waals surface area contributed by atoms with Crippen LogP contribution >= 0.6 is 0 Å². The van der Waals surface area contributed by atoms with E-state index in [-0.39, 0.29) is 23.1 Å². The summed E-state index contributed by atoms with van der Waals surface area (Å²) in [6.45, 7) is 1.98. The lowest BCUT2D eigenvalue weighted by molar-refractivity contribution is 0.172. The summed E-state index contributed by atoms with van der Waals surface area (Å²) < 4.78 is 34.9. The first kappa shape index (κ1) is 12.7. The molecule has 1 atom stereocenters. The van der Waals surface area contributed by atoms with Crippen molar-refractivity contribution in [1.29, 1.82) is 0 Å². The molecule has 104 valence electrons. The quantitative estimate of drug-likeness (QED) is 0.901. The maximum atomic E-state index is 12.1. The molecule has 19 heavy (non-hydrogen) atoms. The Labute approximate surface area is 112 Å². The summed E-state index contributed by atoms with van der Waals surface area (Å²) in [6, 6.07) is 3.50. The molecule has 1 saturated carbocycles. The number of fused-ring (bicyclic) bond motifs is 1. The maximum Gasteiger partial charge on any atom is 0.231 e. The number of rotatable bonds is 3. The smallest absolute Gasteiger partial charge is 0.231 e. The number of sulfone groups is 1. The van der Waals surface area contributed by atoms with Crippen molar-refractivity contribution in [2.75, 3.05) is 13.0 Å². The van der Waals surface area contributed by atoms with Crippen LogP contribution in [0.15, 0.2) is 17.0 Å². The Morgan fingerprint density at radius 3 is 2.53 bits per heavy atom. The largest absolute Gasteiger partial charge is 0.454 e. The Morgan fingerprint density at radius 1 is 1.32 bits per heavy atom. The summed E-state index contributed by atoms with van der Waals surface area (Å²) in [5.41, 5.74) is 6.59. The van der Waals surface area contributed by atoms with Crippen molar-refractivity contribution in [1.82, 2.24) is 0 Å². The van der Waals surface area contributed by atoms with Crippen molar-refractivity contribution in [3.8, 4) is 11.5 Å². The highest BCUT2D eigenvalue weighted by Gasteiger charge is 2.50. The molecule has 0 radical (unpaired) electrons. The molecule has 1 aromatic carbocycles. The molecule has 1 unspecified atom stereocenters. The predicted molar refractivity (Wildman–Crippen MR) is 70.2 cm³/mol. The van der Waals surface area contributed by atoms with Gasteiger partial charge in [0.15, 0.2) is 21.3 Å². The second kappa shape index (κ2) is 3.86. The van der Waals surface area contributed by atoms with Crippen LogP contribution in [-0.4, -0.2) is 27.5 Å². The molecule has 5 nitrogen and oxygen atoms in total. The third-order valence-corrected chi connectivity index (χ3v) is 5.21. The minimum absolute atomic E-state index is 0.0620. The molecule has 2 N–H and O–H groups in total. The molecule has 6 heteroatoms. The third kappa shape index (κ3) is 1.81. The lowest BCUT2D eigenvalue weighted by atomic mass is 9.89. The zero-order chi connectivity index (χ0) is 13.8. The van der Waals surface area contributed by atoms with Crippen LogP contribution in [0.3, 0.4) is 0 Å². The Balaban J connectivity index is 2.27. The first-order valence-corrected chi connectivity index (χ1v) is 8.14. The standard InChI is InChI=1S/C13H17NO4S/c1-8(14)13(5-6-13)9-3-4-10-11(18-7-17-10)12(9)19(2,15)16/h3-4,8H,5-7,14H2,1-2H3. The molecule has 1 aliphatic heterocycles. The summed E-state index contributed by atoms with van der Waals surface area (Å²) in [4.78, 5) is 0.248. The molecule has 1 heterocycles. The average molecular weight is 283 g/mol. The van der Waals surface area contributed by atoms with E-state index < -0.39 is 9.84 Å². The Hall–Kier alpha value is -1.27. The minimum Gasteiger partial charge on any atom is -0.454 e. The molecular weight excluding hydrogens is 266 g/mol. The van der Waals surface area contributed by atoms with Crippen molar-refractivity contribution >= 4 is 9.84 Å². The van der Waals surface area contributed by atoms with Gasteiger partial charge in [0.1, 0.15) is 4.90 Å². The lowest BCUT2D eigenvalue weighted by Gasteiger charge is -2.23. The fourth-order valence-corrected chi connectivity index (χ4v) is 3.98. The van der Waals surface area contributed by atoms with E-state index in [2.05, 4.69) is 0 Å². The molecule has 1 fully saturated rings. The summed E-state index contributed by atoms with van der Waals surface area (Å²) in [6.07, 6.45) is 3.02. The number of hydrogen-bond acceptors (Lipinski definition) is 5. The van der Waals surface area contributed by atoms with E-state index in [1.807, 2.05) is 13.0 Å². The van der Waals surface area contributed by atoms with Crippen molar-refractivity contribution in [3.05, 3.63) is 17.7 Å². The summed E-state index contributed by atoms with van der Waals surface area (Å²) in [5.74, 6) is 0.830. The zero-order valence-electron chi connectivity index (χ0n) is 11.0. The van der Waals surface area contributed by atoms with E-state index in [1.54, 1.807) is 6.07 Å². The van der Waals surface area contributed by atoms with Gasteiger partial charge < -0.3 is 15.2 Å². The highest BCUT2D eigenvalue weighted by molar-refractivity contribution is 7.90. The van der Waals surface area contributed by atoms with Gasteiger partial charge in [-0.15, -0.1) is 0 Å². The molecule has 0 bridgehead atoms. The number of hydrogen-bond donors (Lipinski definition) is 1. The number of nitrogens with two attached hydrogens (primary N) is 1. The Morgan fingerprint density at radius 2 is 2.00 bits per heavy atom. The van der Waals surface area contributed by atoms with Crippen molar-refractivity contribution < 1.29 is 17.9 Å². The molecule has 2 aliphatic rings. The molecule has 0 aromatic heterocycles. The van der Waals surface area contributed by atoms with Crippen LogP contribution in [0.2, 0.25) is 0 Å². The highest BCUT2D eigenvalue weighted by Crippen LogP contribution is 2.55. The molecule has 3 rings (SSSR count). The molecule has 1 aromatic rings. The highest BCUT2D eigenvalue weighted by atomic mass is 32.2. The first-order valence-electron chi connectivity index (χ1n) is 6.25. The van der Waals surface area contributed by atoms with E-state index in [4.69, 9.17) is 15.2 Å². The van der Waals surface area contributed by atoms with Crippen molar-refractivity contribution in [3.63, 3.8) is 0 Å². The van der Waals surface area contributed by atoms with Gasteiger partial charge in [0.05, 0.1) is 0 Å². The van der Waals surface area contributed by atoms with Crippen LogP contribution < -0.4 is 15.2 Å². The van der Waals surface area contributed by atoms with E-state index in [0.717, 1.165) is 18.4 Å². The fourth-order valence-electron chi connectivity index (χ4n) is 2.81. The SMILES string of the molecule is CC(N)C1(c2ccc3c(c2S(C)(=O)=O)OCO3)CC1. The number of ether oxygens (including phenoxy) is 2.